The van der Waals surface area contributed by atoms with Gasteiger partial charge in [0.15, 0.2) is 0 Å². The van der Waals surface area contributed by atoms with Gasteiger partial charge < -0.3 is 14.4 Å². The van der Waals surface area contributed by atoms with Gasteiger partial charge in [-0.25, -0.2) is 13.1 Å². The Balaban J connectivity index is 1.83. The molecule has 0 atom stereocenters. The maximum Gasteiger partial charge on any atom is 0.201 e. The molecule has 0 amide bonds. The van der Waals surface area contributed by atoms with E-state index in [1.807, 2.05) is 42.5 Å². The van der Waals surface area contributed by atoms with Gasteiger partial charge in [-0.05, 0) is 29.8 Å². The molecule has 1 aliphatic rings. The molecule has 0 bridgehead atoms. The predicted octanol–water partition coefficient (Wildman–Crippen LogP) is 1.84. The molecule has 0 saturated heterocycles. The summed E-state index contributed by atoms with van der Waals surface area (Å²) in [6.07, 6.45) is 0. The van der Waals surface area contributed by atoms with Crippen LogP contribution in [0, 0.1) is 0 Å². The van der Waals surface area contributed by atoms with Gasteiger partial charge >= 0.3 is 0 Å². The molecule has 2 aromatic rings. The molecular weight excluding hydrogens is 316 g/mol. The molecule has 1 aliphatic heterocycles. The number of anilines is 2. The van der Waals surface area contributed by atoms with E-state index in [0.29, 0.717) is 13.2 Å². The molecular formula is C16H18N2O4S. The van der Waals surface area contributed by atoms with E-state index in [-0.39, 0.29) is 0 Å². The highest BCUT2D eigenvalue weighted by atomic mass is 32.2. The Labute approximate surface area is 136 Å². The summed E-state index contributed by atoms with van der Waals surface area (Å²) in [6.45, 7) is 1.65. The van der Waals surface area contributed by atoms with Crippen molar-refractivity contribution < 1.29 is 17.9 Å². The topological polar surface area (TPSA) is 67.9 Å². The summed E-state index contributed by atoms with van der Waals surface area (Å²) < 4.78 is 34.5. The first-order valence-corrected chi connectivity index (χ1v) is 8.40. The van der Waals surface area contributed by atoms with Crippen LogP contribution >= 0.6 is 0 Å². The molecule has 0 spiro atoms. The fourth-order valence-corrected chi connectivity index (χ4v) is 2.86. The first-order valence-electron chi connectivity index (χ1n) is 7.22. The summed E-state index contributed by atoms with van der Waals surface area (Å²) in [7, 11) is -0.943. The Morgan fingerprint density at radius 2 is 2.00 bits per heavy atom. The number of methoxy groups -OCH3 is 1. The summed E-state index contributed by atoms with van der Waals surface area (Å²) in [4.78, 5) is 2.17. The van der Waals surface area contributed by atoms with Crippen LogP contribution in [0.3, 0.4) is 0 Å². The summed E-state index contributed by atoms with van der Waals surface area (Å²) in [6, 6.07) is 13.6. The zero-order chi connectivity index (χ0) is 16.2. The van der Waals surface area contributed by atoms with Crippen LogP contribution in [0.1, 0.15) is 5.56 Å². The van der Waals surface area contributed by atoms with Crippen LogP contribution < -0.4 is 19.1 Å². The standard InChI is InChI=1S/C16H18N2O4S/c1-21-14-6-7-15-16(10-14)22-9-8-18(15)13-4-2-12(3-5-13)11-17-23(19)20/h2-7,10,23H,8-9,11H2,1H3,(H,17,19,20). The lowest BCUT2D eigenvalue weighted by molar-refractivity contribution is 0.311. The van der Waals surface area contributed by atoms with Crippen molar-refractivity contribution in [2.75, 3.05) is 25.2 Å². The van der Waals surface area contributed by atoms with Gasteiger partial charge in [-0.1, -0.05) is 12.1 Å². The van der Waals surface area contributed by atoms with Gasteiger partial charge in [0.2, 0.25) is 10.9 Å². The van der Waals surface area contributed by atoms with Gasteiger partial charge in [-0.3, -0.25) is 0 Å². The number of fused-ring (bicyclic) bond motifs is 1. The minimum absolute atomic E-state index is 0.301. The second kappa shape index (κ2) is 6.89. The summed E-state index contributed by atoms with van der Waals surface area (Å²) in [5.74, 6) is 1.56. The highest BCUT2D eigenvalue weighted by Crippen LogP contribution is 2.38. The number of rotatable bonds is 5. The van der Waals surface area contributed by atoms with Crippen molar-refractivity contribution in [2.45, 2.75) is 6.54 Å². The molecule has 23 heavy (non-hydrogen) atoms. The molecule has 0 saturated carbocycles. The molecule has 0 aromatic heterocycles. The molecule has 0 radical (unpaired) electrons. The van der Waals surface area contributed by atoms with Crippen molar-refractivity contribution in [3.63, 3.8) is 0 Å². The molecule has 0 fully saturated rings. The number of hydrogen-bond acceptors (Lipinski definition) is 5. The molecule has 1 heterocycles. The normalized spacial score (nSPS) is 13.6. The number of thiol groups is 1. The van der Waals surface area contributed by atoms with Crippen LogP contribution in [0.4, 0.5) is 11.4 Å². The molecule has 7 heteroatoms. The lowest BCUT2D eigenvalue weighted by Gasteiger charge is -2.31. The van der Waals surface area contributed by atoms with Crippen LogP contribution in [-0.4, -0.2) is 28.7 Å². The molecule has 3 rings (SSSR count). The first-order chi connectivity index (χ1) is 11.2. The third-order valence-corrected chi connectivity index (χ3v) is 4.11. The second-order valence-electron chi connectivity index (χ2n) is 5.09. The number of ether oxygens (including phenoxy) is 2. The van der Waals surface area contributed by atoms with E-state index >= 15 is 0 Å². The minimum Gasteiger partial charge on any atom is -0.497 e. The van der Waals surface area contributed by atoms with Crippen molar-refractivity contribution >= 4 is 22.3 Å². The fourth-order valence-electron chi connectivity index (χ4n) is 2.55. The van der Waals surface area contributed by atoms with E-state index in [2.05, 4.69) is 9.62 Å². The van der Waals surface area contributed by atoms with E-state index in [4.69, 9.17) is 9.47 Å². The van der Waals surface area contributed by atoms with Gasteiger partial charge in [-0.15, -0.1) is 0 Å². The van der Waals surface area contributed by atoms with Gasteiger partial charge in [0.25, 0.3) is 0 Å². The van der Waals surface area contributed by atoms with Crippen molar-refractivity contribution in [3.05, 3.63) is 48.0 Å². The Bertz CT molecular complexity index is 751. The van der Waals surface area contributed by atoms with Crippen LogP contribution in [0.5, 0.6) is 11.5 Å². The number of hydrogen-bond donors (Lipinski definition) is 2. The third-order valence-electron chi connectivity index (χ3n) is 3.69. The monoisotopic (exact) mass is 334 g/mol. The average Bonchev–Trinajstić information content (AvgIpc) is 2.59. The smallest absolute Gasteiger partial charge is 0.201 e. The Morgan fingerprint density at radius 1 is 1.22 bits per heavy atom. The summed E-state index contributed by atoms with van der Waals surface area (Å²) in [5, 5.41) is 0. The minimum atomic E-state index is -2.57. The Kier molecular flexibility index (Phi) is 4.68. The maximum absolute atomic E-state index is 10.6. The van der Waals surface area contributed by atoms with Crippen molar-refractivity contribution in [1.82, 2.24) is 4.72 Å². The van der Waals surface area contributed by atoms with Crippen molar-refractivity contribution in [2.24, 2.45) is 0 Å². The van der Waals surface area contributed by atoms with E-state index in [0.717, 1.165) is 35.0 Å². The fraction of sp³-hybridized carbons (Fsp3) is 0.250. The summed E-state index contributed by atoms with van der Waals surface area (Å²) in [5.41, 5.74) is 2.94. The SMILES string of the molecule is COc1ccc2c(c1)OCCN2c1ccc(CN[SH](=O)=O)cc1. The zero-order valence-electron chi connectivity index (χ0n) is 12.7. The van der Waals surface area contributed by atoms with Crippen LogP contribution in [0.15, 0.2) is 42.5 Å². The molecule has 6 nitrogen and oxygen atoms in total. The lowest BCUT2D eigenvalue weighted by atomic mass is 10.1. The summed E-state index contributed by atoms with van der Waals surface area (Å²) >= 11 is 0. The van der Waals surface area contributed by atoms with E-state index < -0.39 is 10.9 Å². The largest absolute Gasteiger partial charge is 0.497 e. The van der Waals surface area contributed by atoms with Gasteiger partial charge in [0.05, 0.1) is 19.3 Å². The van der Waals surface area contributed by atoms with E-state index in [9.17, 15) is 8.42 Å². The highest BCUT2D eigenvalue weighted by Gasteiger charge is 2.20. The molecule has 122 valence electrons. The third kappa shape index (κ3) is 3.57. The number of nitrogens with zero attached hydrogens (tertiary/aromatic N) is 1. The maximum atomic E-state index is 10.6. The predicted molar refractivity (Wildman–Crippen MR) is 89.1 cm³/mol. The van der Waals surface area contributed by atoms with E-state index in [1.165, 1.54) is 0 Å². The van der Waals surface area contributed by atoms with Gasteiger partial charge in [0.1, 0.15) is 18.1 Å². The molecule has 2 aromatic carbocycles. The highest BCUT2D eigenvalue weighted by molar-refractivity contribution is 7.70. The Morgan fingerprint density at radius 3 is 2.70 bits per heavy atom. The molecule has 0 aliphatic carbocycles. The van der Waals surface area contributed by atoms with Gasteiger partial charge in [-0.2, -0.15) is 0 Å². The first kappa shape index (κ1) is 15.6. The quantitative estimate of drug-likeness (QED) is 0.817. The lowest BCUT2D eigenvalue weighted by Crippen LogP contribution is -2.28. The Hall–Kier alpha value is -2.25. The van der Waals surface area contributed by atoms with Crippen LogP contribution in [0.2, 0.25) is 0 Å². The second-order valence-corrected chi connectivity index (χ2v) is 5.92. The average molecular weight is 334 g/mol. The number of nitrogens with one attached hydrogen (secondary N) is 1. The van der Waals surface area contributed by atoms with E-state index in [1.54, 1.807) is 7.11 Å². The number of benzene rings is 2. The zero-order valence-corrected chi connectivity index (χ0v) is 13.6. The van der Waals surface area contributed by atoms with Crippen molar-refractivity contribution in [1.29, 1.82) is 0 Å². The van der Waals surface area contributed by atoms with Crippen molar-refractivity contribution in [3.8, 4) is 11.5 Å². The molecule has 1 N–H and O–H groups in total. The van der Waals surface area contributed by atoms with Crippen LogP contribution in [0.25, 0.3) is 0 Å². The van der Waals surface area contributed by atoms with Gasteiger partial charge in [0, 0.05) is 18.3 Å². The van der Waals surface area contributed by atoms with Crippen LogP contribution in [-0.2, 0) is 17.4 Å². The molecule has 0 unspecified atom stereocenters.